The van der Waals surface area contributed by atoms with Crippen LogP contribution in [-0.2, 0) is 9.53 Å². The molecule has 0 spiro atoms. The average molecular weight is 222 g/mol. The summed E-state index contributed by atoms with van der Waals surface area (Å²) in [5, 5.41) is 0. The Morgan fingerprint density at radius 1 is 1.40 bits per heavy atom. The van der Waals surface area contributed by atoms with Crippen molar-refractivity contribution >= 4 is 35.5 Å². The Hall–Kier alpha value is 0.170. The fraction of sp³-hybridized carbons (Fsp3) is 0.727. The minimum Gasteiger partial charge on any atom is -0.460 e. The second-order valence-corrected chi connectivity index (χ2v) is 3.39. The molecule has 0 aromatic carbocycles. The van der Waals surface area contributed by atoms with E-state index >= 15 is 0 Å². The van der Waals surface area contributed by atoms with E-state index in [1.807, 2.05) is 12.2 Å². The van der Waals surface area contributed by atoms with Crippen LogP contribution in [0, 0.1) is 0 Å². The number of nitrogens with two attached hydrogens (primary N) is 1. The Morgan fingerprint density at radius 2 is 2.07 bits per heavy atom. The normalized spacial score (nSPS) is 12.2. The molecular formula is C11H21NNaO2. The molecule has 0 amide bonds. The van der Waals surface area contributed by atoms with Gasteiger partial charge in [-0.25, -0.2) is 0 Å². The molecule has 0 saturated heterocycles. The SMILES string of the molecule is CCCCCC=CCOC(=O)C(C)N.[Na]. The van der Waals surface area contributed by atoms with Gasteiger partial charge >= 0.3 is 5.97 Å². The molecule has 15 heavy (non-hydrogen) atoms. The van der Waals surface area contributed by atoms with Crippen LogP contribution in [0.1, 0.15) is 39.5 Å². The van der Waals surface area contributed by atoms with Crippen LogP contribution >= 0.6 is 0 Å². The maximum atomic E-state index is 10.9. The first kappa shape index (κ1) is 17.6. The molecule has 1 unspecified atom stereocenters. The van der Waals surface area contributed by atoms with Crippen LogP contribution < -0.4 is 5.73 Å². The Bertz CT molecular complexity index is 181. The molecule has 0 aliphatic heterocycles. The van der Waals surface area contributed by atoms with Crippen molar-refractivity contribution < 1.29 is 9.53 Å². The number of ether oxygens (including phenoxy) is 1. The van der Waals surface area contributed by atoms with Gasteiger partial charge in [-0.15, -0.1) is 0 Å². The topological polar surface area (TPSA) is 52.3 Å². The van der Waals surface area contributed by atoms with Crippen molar-refractivity contribution in [2.75, 3.05) is 6.61 Å². The third-order valence-corrected chi connectivity index (χ3v) is 1.83. The van der Waals surface area contributed by atoms with Gasteiger partial charge in [-0.05, 0) is 19.8 Å². The summed E-state index contributed by atoms with van der Waals surface area (Å²) < 4.78 is 4.86. The zero-order valence-electron chi connectivity index (χ0n) is 10.2. The summed E-state index contributed by atoms with van der Waals surface area (Å²) in [6.45, 7) is 4.13. The van der Waals surface area contributed by atoms with Gasteiger partial charge in [-0.1, -0.05) is 31.9 Å². The van der Waals surface area contributed by atoms with E-state index in [4.69, 9.17) is 10.5 Å². The van der Waals surface area contributed by atoms with Crippen molar-refractivity contribution in [2.45, 2.75) is 45.6 Å². The van der Waals surface area contributed by atoms with Crippen LogP contribution in [0.3, 0.4) is 0 Å². The van der Waals surface area contributed by atoms with Crippen molar-refractivity contribution in [2.24, 2.45) is 5.73 Å². The Balaban J connectivity index is 0. The number of unbranched alkanes of at least 4 members (excludes halogenated alkanes) is 3. The number of hydrogen-bond acceptors (Lipinski definition) is 3. The summed E-state index contributed by atoms with van der Waals surface area (Å²) in [5.41, 5.74) is 5.32. The van der Waals surface area contributed by atoms with E-state index in [1.165, 1.54) is 19.3 Å². The van der Waals surface area contributed by atoms with Crippen molar-refractivity contribution in [3.8, 4) is 0 Å². The minimum absolute atomic E-state index is 0. The molecule has 4 heteroatoms. The van der Waals surface area contributed by atoms with E-state index in [1.54, 1.807) is 6.92 Å². The number of rotatable bonds is 7. The van der Waals surface area contributed by atoms with E-state index in [2.05, 4.69) is 6.92 Å². The molecular weight excluding hydrogens is 201 g/mol. The van der Waals surface area contributed by atoms with E-state index in [0.717, 1.165) is 6.42 Å². The van der Waals surface area contributed by atoms with Crippen molar-refractivity contribution in [1.29, 1.82) is 0 Å². The third-order valence-electron chi connectivity index (χ3n) is 1.83. The van der Waals surface area contributed by atoms with Gasteiger partial charge in [0.2, 0.25) is 0 Å². The first-order valence-corrected chi connectivity index (χ1v) is 5.25. The van der Waals surface area contributed by atoms with E-state index in [-0.39, 0.29) is 35.5 Å². The monoisotopic (exact) mass is 222 g/mol. The summed E-state index contributed by atoms with van der Waals surface area (Å²) in [6.07, 6.45) is 8.66. The quantitative estimate of drug-likeness (QED) is 0.308. The number of hydrogen-bond donors (Lipinski definition) is 1. The molecule has 2 N–H and O–H groups in total. The van der Waals surface area contributed by atoms with Crippen LogP contribution in [0.25, 0.3) is 0 Å². The van der Waals surface area contributed by atoms with Gasteiger partial charge in [0.1, 0.15) is 12.6 Å². The number of esters is 1. The summed E-state index contributed by atoms with van der Waals surface area (Å²) in [7, 11) is 0. The molecule has 3 nitrogen and oxygen atoms in total. The predicted octanol–water partition coefficient (Wildman–Crippen LogP) is 1.63. The standard InChI is InChI=1S/C11H21NO2.Na/c1-3-4-5-6-7-8-9-14-11(13)10(2)12;/h7-8,10H,3-6,9,12H2,1-2H3;. The summed E-state index contributed by atoms with van der Waals surface area (Å²) in [4.78, 5) is 10.9. The molecule has 0 aliphatic rings. The van der Waals surface area contributed by atoms with E-state index in [0.29, 0.717) is 6.61 Å². The summed E-state index contributed by atoms with van der Waals surface area (Å²) in [6, 6.07) is -0.525. The largest absolute Gasteiger partial charge is 0.460 e. The fourth-order valence-corrected chi connectivity index (χ4v) is 0.960. The van der Waals surface area contributed by atoms with Crippen molar-refractivity contribution in [1.82, 2.24) is 0 Å². The molecule has 0 fully saturated rings. The second kappa shape index (κ2) is 12.2. The maximum Gasteiger partial charge on any atom is 0.322 e. The predicted molar refractivity (Wildman–Crippen MR) is 63.6 cm³/mol. The van der Waals surface area contributed by atoms with Crippen molar-refractivity contribution in [3.05, 3.63) is 12.2 Å². The van der Waals surface area contributed by atoms with Gasteiger partial charge in [-0.3, -0.25) is 4.79 Å². The minimum atomic E-state index is -0.525. The first-order chi connectivity index (χ1) is 6.68. The number of carbonyl (C=O) groups is 1. The molecule has 0 bridgehead atoms. The summed E-state index contributed by atoms with van der Waals surface area (Å²) in [5.74, 6) is -0.344. The average Bonchev–Trinajstić information content (AvgIpc) is 2.16. The molecule has 0 aliphatic carbocycles. The van der Waals surface area contributed by atoms with Gasteiger partial charge in [0, 0.05) is 29.6 Å². The number of carbonyl (C=O) groups excluding carboxylic acids is 1. The second-order valence-electron chi connectivity index (χ2n) is 3.39. The van der Waals surface area contributed by atoms with E-state index in [9.17, 15) is 4.79 Å². The molecule has 0 aromatic rings. The zero-order chi connectivity index (χ0) is 10.8. The third kappa shape index (κ3) is 12.1. The molecule has 0 rings (SSSR count). The summed E-state index contributed by atoms with van der Waals surface area (Å²) >= 11 is 0. The molecule has 0 heterocycles. The maximum absolute atomic E-state index is 10.9. The molecule has 1 radical (unpaired) electrons. The van der Waals surface area contributed by atoms with Crippen LogP contribution in [0.4, 0.5) is 0 Å². The van der Waals surface area contributed by atoms with Crippen molar-refractivity contribution in [3.63, 3.8) is 0 Å². The molecule has 1 atom stereocenters. The number of allylic oxidation sites excluding steroid dienone is 1. The van der Waals surface area contributed by atoms with Gasteiger partial charge in [-0.2, -0.15) is 0 Å². The smallest absolute Gasteiger partial charge is 0.322 e. The Kier molecular flexibility index (Phi) is 14.3. The Morgan fingerprint density at radius 3 is 2.60 bits per heavy atom. The van der Waals surface area contributed by atoms with Crippen LogP contribution in [-0.4, -0.2) is 48.2 Å². The van der Waals surface area contributed by atoms with Gasteiger partial charge in [0.15, 0.2) is 0 Å². The van der Waals surface area contributed by atoms with Crippen LogP contribution in [0.2, 0.25) is 0 Å². The van der Waals surface area contributed by atoms with Crippen LogP contribution in [0.15, 0.2) is 12.2 Å². The van der Waals surface area contributed by atoms with E-state index < -0.39 is 6.04 Å². The van der Waals surface area contributed by atoms with Gasteiger partial charge in [0.05, 0.1) is 0 Å². The van der Waals surface area contributed by atoms with Gasteiger partial charge < -0.3 is 10.5 Å². The fourth-order valence-electron chi connectivity index (χ4n) is 0.960. The van der Waals surface area contributed by atoms with Gasteiger partial charge in [0.25, 0.3) is 0 Å². The molecule has 0 aromatic heterocycles. The first-order valence-electron chi connectivity index (χ1n) is 5.25. The molecule has 0 saturated carbocycles. The Labute approximate surface area is 115 Å². The van der Waals surface area contributed by atoms with Crippen LogP contribution in [0.5, 0.6) is 0 Å². The molecule has 83 valence electrons. The zero-order valence-corrected chi connectivity index (χ0v) is 12.2.